The summed E-state index contributed by atoms with van der Waals surface area (Å²) in [6, 6.07) is 6.16. The molecule has 1 aromatic carbocycles. The molecule has 0 saturated heterocycles. The summed E-state index contributed by atoms with van der Waals surface area (Å²) in [6.07, 6.45) is 3.79. The highest BCUT2D eigenvalue weighted by atomic mass is 16.3. The van der Waals surface area contributed by atoms with Crippen molar-refractivity contribution in [1.29, 1.82) is 0 Å². The predicted octanol–water partition coefficient (Wildman–Crippen LogP) is 3.11. The minimum Gasteiger partial charge on any atom is -0.392 e. The maximum atomic E-state index is 9.05. The zero-order chi connectivity index (χ0) is 12.0. The molecule has 0 amide bonds. The molecule has 90 valence electrons. The van der Waals surface area contributed by atoms with Crippen LogP contribution in [0, 0.1) is 6.92 Å². The van der Waals surface area contributed by atoms with Gasteiger partial charge in [-0.05, 0) is 30.5 Å². The van der Waals surface area contributed by atoms with Crippen molar-refractivity contribution in [2.45, 2.75) is 39.7 Å². The summed E-state index contributed by atoms with van der Waals surface area (Å²) in [5, 5.41) is 9.05. The zero-order valence-electron chi connectivity index (χ0n) is 10.7. The van der Waals surface area contributed by atoms with Crippen molar-refractivity contribution in [3.05, 3.63) is 29.3 Å². The van der Waals surface area contributed by atoms with E-state index in [0.29, 0.717) is 0 Å². The fraction of sp³-hybridized carbons (Fsp3) is 0.571. The lowest BCUT2D eigenvalue weighted by atomic mass is 10.1. The summed E-state index contributed by atoms with van der Waals surface area (Å²) in [6.45, 7) is 5.56. The van der Waals surface area contributed by atoms with Crippen LogP contribution in [0.5, 0.6) is 0 Å². The molecule has 0 aromatic heterocycles. The lowest BCUT2D eigenvalue weighted by molar-refractivity contribution is 0.282. The van der Waals surface area contributed by atoms with Crippen molar-refractivity contribution in [3.8, 4) is 0 Å². The number of benzene rings is 1. The molecule has 0 radical (unpaired) electrons. The van der Waals surface area contributed by atoms with Gasteiger partial charge in [-0.2, -0.15) is 0 Å². The van der Waals surface area contributed by atoms with Crippen molar-refractivity contribution < 1.29 is 5.11 Å². The van der Waals surface area contributed by atoms with Crippen LogP contribution >= 0.6 is 0 Å². The monoisotopic (exact) mass is 221 g/mol. The normalized spacial score (nSPS) is 10.5. The van der Waals surface area contributed by atoms with Gasteiger partial charge in [0.25, 0.3) is 0 Å². The van der Waals surface area contributed by atoms with Crippen LogP contribution in [0.2, 0.25) is 0 Å². The van der Waals surface area contributed by atoms with E-state index in [1.165, 1.54) is 30.5 Å². The van der Waals surface area contributed by atoms with Gasteiger partial charge in [0.15, 0.2) is 0 Å². The predicted molar refractivity (Wildman–Crippen MR) is 69.9 cm³/mol. The van der Waals surface area contributed by atoms with Crippen LogP contribution in [0.3, 0.4) is 0 Å². The van der Waals surface area contributed by atoms with E-state index in [9.17, 15) is 0 Å². The molecule has 1 rings (SSSR count). The van der Waals surface area contributed by atoms with Crippen LogP contribution in [0.1, 0.15) is 37.3 Å². The lowest BCUT2D eigenvalue weighted by Gasteiger charge is -2.21. The summed E-state index contributed by atoms with van der Waals surface area (Å²) in [4.78, 5) is 2.30. The molecule has 0 aliphatic heterocycles. The standard InChI is InChI=1S/C14H23NO/c1-4-5-6-9-15(3)14-8-7-13(11-16)10-12(14)2/h7-8,10,16H,4-6,9,11H2,1-3H3. The topological polar surface area (TPSA) is 23.5 Å². The molecular weight excluding hydrogens is 198 g/mol. The molecule has 0 aliphatic carbocycles. The molecule has 1 N–H and O–H groups in total. The summed E-state index contributed by atoms with van der Waals surface area (Å²) in [5.74, 6) is 0. The first-order chi connectivity index (χ1) is 7.69. The number of rotatable bonds is 6. The average Bonchev–Trinajstić information content (AvgIpc) is 2.29. The number of aryl methyl sites for hydroxylation is 1. The fourth-order valence-electron chi connectivity index (χ4n) is 1.96. The second-order valence-corrected chi connectivity index (χ2v) is 4.41. The van der Waals surface area contributed by atoms with Gasteiger partial charge in [0.2, 0.25) is 0 Å². The van der Waals surface area contributed by atoms with Gasteiger partial charge in [-0.25, -0.2) is 0 Å². The lowest BCUT2D eigenvalue weighted by Crippen LogP contribution is -2.19. The van der Waals surface area contributed by atoms with Gasteiger partial charge in [-0.3, -0.25) is 0 Å². The third kappa shape index (κ3) is 3.53. The number of aliphatic hydroxyl groups excluding tert-OH is 1. The Labute approximate surface area is 98.9 Å². The number of hydrogen-bond acceptors (Lipinski definition) is 2. The molecule has 0 atom stereocenters. The molecule has 0 heterocycles. The molecule has 0 aliphatic rings. The molecule has 0 unspecified atom stereocenters. The Morgan fingerprint density at radius 1 is 1.25 bits per heavy atom. The van der Waals surface area contributed by atoms with Gasteiger partial charge in [-0.1, -0.05) is 31.9 Å². The Morgan fingerprint density at radius 3 is 2.56 bits per heavy atom. The Morgan fingerprint density at radius 2 is 2.00 bits per heavy atom. The number of nitrogens with zero attached hydrogens (tertiary/aromatic N) is 1. The summed E-state index contributed by atoms with van der Waals surface area (Å²) < 4.78 is 0. The van der Waals surface area contributed by atoms with Gasteiger partial charge >= 0.3 is 0 Å². The highest BCUT2D eigenvalue weighted by Crippen LogP contribution is 2.20. The minimum atomic E-state index is 0.126. The Kier molecular flexibility index (Phi) is 5.33. The third-order valence-corrected chi connectivity index (χ3v) is 2.95. The number of hydrogen-bond donors (Lipinski definition) is 1. The molecule has 1 aromatic rings. The van der Waals surface area contributed by atoms with Crippen molar-refractivity contribution >= 4 is 5.69 Å². The smallest absolute Gasteiger partial charge is 0.0681 e. The fourth-order valence-corrected chi connectivity index (χ4v) is 1.96. The van der Waals surface area contributed by atoms with Gasteiger partial charge in [0.1, 0.15) is 0 Å². The van der Waals surface area contributed by atoms with Crippen molar-refractivity contribution in [1.82, 2.24) is 0 Å². The number of aliphatic hydroxyl groups is 1. The van der Waals surface area contributed by atoms with Crippen molar-refractivity contribution in [2.24, 2.45) is 0 Å². The molecular formula is C14H23NO. The van der Waals surface area contributed by atoms with Crippen LogP contribution in [0.15, 0.2) is 18.2 Å². The molecule has 0 bridgehead atoms. The summed E-state index contributed by atoms with van der Waals surface area (Å²) in [7, 11) is 2.14. The first-order valence-electron chi connectivity index (χ1n) is 6.10. The van der Waals surface area contributed by atoms with Crippen LogP contribution in [-0.4, -0.2) is 18.7 Å². The van der Waals surface area contributed by atoms with Crippen molar-refractivity contribution in [3.63, 3.8) is 0 Å². The van der Waals surface area contributed by atoms with Gasteiger partial charge in [0.05, 0.1) is 6.61 Å². The Bertz CT molecular complexity index is 323. The molecule has 2 nitrogen and oxygen atoms in total. The first-order valence-corrected chi connectivity index (χ1v) is 6.10. The van der Waals surface area contributed by atoms with Crippen LogP contribution in [-0.2, 0) is 6.61 Å². The van der Waals surface area contributed by atoms with E-state index in [-0.39, 0.29) is 6.61 Å². The zero-order valence-corrected chi connectivity index (χ0v) is 10.7. The largest absolute Gasteiger partial charge is 0.392 e. The van der Waals surface area contributed by atoms with Gasteiger partial charge in [-0.15, -0.1) is 0 Å². The maximum absolute atomic E-state index is 9.05. The van der Waals surface area contributed by atoms with Gasteiger partial charge < -0.3 is 10.0 Å². The average molecular weight is 221 g/mol. The molecule has 0 spiro atoms. The van der Waals surface area contributed by atoms with E-state index < -0.39 is 0 Å². The highest BCUT2D eigenvalue weighted by Gasteiger charge is 2.04. The van der Waals surface area contributed by atoms with Gasteiger partial charge in [0, 0.05) is 19.3 Å². The maximum Gasteiger partial charge on any atom is 0.0681 e. The van der Waals surface area contributed by atoms with Crippen LogP contribution in [0.4, 0.5) is 5.69 Å². The molecule has 0 saturated carbocycles. The molecule has 16 heavy (non-hydrogen) atoms. The summed E-state index contributed by atoms with van der Waals surface area (Å²) >= 11 is 0. The van der Waals surface area contributed by atoms with E-state index >= 15 is 0 Å². The first kappa shape index (κ1) is 13.0. The van der Waals surface area contributed by atoms with E-state index in [1.54, 1.807) is 0 Å². The highest BCUT2D eigenvalue weighted by molar-refractivity contribution is 5.53. The SMILES string of the molecule is CCCCCN(C)c1ccc(CO)cc1C. The third-order valence-electron chi connectivity index (χ3n) is 2.95. The van der Waals surface area contributed by atoms with Crippen LogP contribution in [0.25, 0.3) is 0 Å². The Hall–Kier alpha value is -1.02. The second kappa shape index (κ2) is 6.54. The van der Waals surface area contributed by atoms with E-state index in [0.717, 1.165) is 12.1 Å². The van der Waals surface area contributed by atoms with E-state index in [1.807, 2.05) is 6.07 Å². The summed E-state index contributed by atoms with van der Waals surface area (Å²) in [5.41, 5.74) is 3.50. The van der Waals surface area contributed by atoms with E-state index in [4.69, 9.17) is 5.11 Å². The van der Waals surface area contributed by atoms with Crippen LogP contribution < -0.4 is 4.90 Å². The molecule has 0 fully saturated rings. The van der Waals surface area contributed by atoms with E-state index in [2.05, 4.69) is 37.9 Å². The van der Waals surface area contributed by atoms with Crippen molar-refractivity contribution in [2.75, 3.05) is 18.5 Å². The number of unbranched alkanes of at least 4 members (excludes halogenated alkanes) is 2. The number of anilines is 1. The quantitative estimate of drug-likeness (QED) is 0.746. The minimum absolute atomic E-state index is 0.126. The molecule has 2 heteroatoms. The second-order valence-electron chi connectivity index (χ2n) is 4.41. The Balaban J connectivity index is 2.64.